The minimum absolute atomic E-state index is 0.0292. The highest BCUT2D eigenvalue weighted by Gasteiger charge is 2.24. The Hall–Kier alpha value is -1.55. The Morgan fingerprint density at radius 1 is 1.37 bits per heavy atom. The Kier molecular flexibility index (Phi) is 4.43. The molecule has 1 atom stereocenters. The van der Waals surface area contributed by atoms with Gasteiger partial charge in [0.1, 0.15) is 11.5 Å². The molecule has 1 aromatic rings. The fourth-order valence-corrected chi connectivity index (χ4v) is 2.76. The number of rotatable bonds is 4. The van der Waals surface area contributed by atoms with Gasteiger partial charge in [0.25, 0.3) is 0 Å². The van der Waals surface area contributed by atoms with E-state index in [1.165, 1.54) is 24.6 Å². The minimum Gasteiger partial charge on any atom is -0.508 e. The van der Waals surface area contributed by atoms with Crippen molar-refractivity contribution in [3.8, 4) is 11.5 Å². The SMILES string of the molecule is CCC1CCCCN1CC(=O)c1ccc(O)cc1O. The smallest absolute Gasteiger partial charge is 0.180 e. The van der Waals surface area contributed by atoms with Gasteiger partial charge in [0.15, 0.2) is 5.78 Å². The van der Waals surface area contributed by atoms with Crippen LogP contribution in [-0.2, 0) is 0 Å². The van der Waals surface area contributed by atoms with E-state index in [0.717, 1.165) is 25.8 Å². The lowest BCUT2D eigenvalue weighted by molar-refractivity contribution is 0.0836. The summed E-state index contributed by atoms with van der Waals surface area (Å²) < 4.78 is 0. The van der Waals surface area contributed by atoms with Gasteiger partial charge in [0.2, 0.25) is 0 Å². The zero-order valence-electron chi connectivity index (χ0n) is 11.3. The van der Waals surface area contributed by atoms with Gasteiger partial charge in [-0.15, -0.1) is 0 Å². The van der Waals surface area contributed by atoms with Crippen LogP contribution < -0.4 is 0 Å². The molecule has 1 aliphatic rings. The summed E-state index contributed by atoms with van der Waals surface area (Å²) in [5, 5.41) is 19.0. The average molecular weight is 263 g/mol. The van der Waals surface area contributed by atoms with Crippen molar-refractivity contribution >= 4 is 5.78 Å². The molecule has 19 heavy (non-hydrogen) atoms. The number of carbonyl (C=O) groups excluding carboxylic acids is 1. The first kappa shape index (κ1) is 13.9. The number of phenolic OH excluding ortho intramolecular Hbond substituents is 2. The maximum Gasteiger partial charge on any atom is 0.180 e. The van der Waals surface area contributed by atoms with Crippen molar-refractivity contribution in [2.75, 3.05) is 13.1 Å². The molecule has 4 nitrogen and oxygen atoms in total. The second-order valence-electron chi connectivity index (χ2n) is 5.15. The van der Waals surface area contributed by atoms with Gasteiger partial charge in [-0.2, -0.15) is 0 Å². The van der Waals surface area contributed by atoms with Crippen molar-refractivity contribution in [1.29, 1.82) is 0 Å². The standard InChI is InChI=1S/C15H21NO3/c1-2-11-5-3-4-8-16(11)10-15(19)13-7-6-12(17)9-14(13)18/h6-7,9,11,17-18H,2-5,8,10H2,1H3. The predicted molar refractivity (Wildman–Crippen MR) is 73.6 cm³/mol. The summed E-state index contributed by atoms with van der Waals surface area (Å²) in [6.07, 6.45) is 4.55. The quantitative estimate of drug-likeness (QED) is 0.820. The minimum atomic E-state index is -0.143. The molecule has 0 aliphatic carbocycles. The average Bonchev–Trinajstić information content (AvgIpc) is 2.39. The van der Waals surface area contributed by atoms with E-state index in [2.05, 4.69) is 11.8 Å². The second-order valence-corrected chi connectivity index (χ2v) is 5.15. The van der Waals surface area contributed by atoms with Crippen LogP contribution >= 0.6 is 0 Å². The van der Waals surface area contributed by atoms with E-state index in [-0.39, 0.29) is 17.3 Å². The largest absolute Gasteiger partial charge is 0.508 e. The molecule has 2 rings (SSSR count). The van der Waals surface area contributed by atoms with Crippen LogP contribution in [0.4, 0.5) is 0 Å². The van der Waals surface area contributed by atoms with E-state index >= 15 is 0 Å². The lowest BCUT2D eigenvalue weighted by Gasteiger charge is -2.34. The van der Waals surface area contributed by atoms with Crippen LogP contribution in [-0.4, -0.2) is 40.0 Å². The molecule has 2 N–H and O–H groups in total. The molecule has 1 aromatic carbocycles. The second kappa shape index (κ2) is 6.06. The summed E-state index contributed by atoms with van der Waals surface area (Å²) in [5.41, 5.74) is 0.290. The van der Waals surface area contributed by atoms with Crippen molar-refractivity contribution < 1.29 is 15.0 Å². The predicted octanol–water partition coefficient (Wildman–Crippen LogP) is 2.55. The molecule has 1 fully saturated rings. The van der Waals surface area contributed by atoms with Crippen molar-refractivity contribution in [2.45, 2.75) is 38.6 Å². The number of aromatic hydroxyl groups is 2. The van der Waals surface area contributed by atoms with E-state index in [0.29, 0.717) is 18.2 Å². The molecular weight excluding hydrogens is 242 g/mol. The van der Waals surface area contributed by atoms with Gasteiger partial charge >= 0.3 is 0 Å². The molecule has 0 saturated carbocycles. The summed E-state index contributed by atoms with van der Waals surface area (Å²) in [6.45, 7) is 3.44. The van der Waals surface area contributed by atoms with Gasteiger partial charge in [-0.1, -0.05) is 13.3 Å². The Morgan fingerprint density at radius 2 is 2.16 bits per heavy atom. The van der Waals surface area contributed by atoms with Crippen LogP contribution in [0.5, 0.6) is 11.5 Å². The number of hydrogen-bond acceptors (Lipinski definition) is 4. The van der Waals surface area contributed by atoms with E-state index in [1.807, 2.05) is 0 Å². The number of ketones is 1. The highest BCUT2D eigenvalue weighted by atomic mass is 16.3. The Balaban J connectivity index is 2.07. The fourth-order valence-electron chi connectivity index (χ4n) is 2.76. The maximum absolute atomic E-state index is 12.2. The first-order chi connectivity index (χ1) is 9.11. The van der Waals surface area contributed by atoms with Crippen LogP contribution in [0.25, 0.3) is 0 Å². The molecule has 0 spiro atoms. The zero-order chi connectivity index (χ0) is 13.8. The number of carbonyl (C=O) groups is 1. The third-order valence-corrected chi connectivity index (χ3v) is 3.85. The van der Waals surface area contributed by atoms with Crippen LogP contribution in [0.1, 0.15) is 43.0 Å². The number of Topliss-reactive ketones (excluding diaryl/α,β-unsaturated/α-hetero) is 1. The van der Waals surface area contributed by atoms with Gasteiger partial charge in [-0.3, -0.25) is 9.69 Å². The molecule has 1 aliphatic heterocycles. The molecule has 4 heteroatoms. The monoisotopic (exact) mass is 263 g/mol. The van der Waals surface area contributed by atoms with Crippen molar-refractivity contribution in [3.63, 3.8) is 0 Å². The van der Waals surface area contributed by atoms with Gasteiger partial charge in [0.05, 0.1) is 12.1 Å². The summed E-state index contributed by atoms with van der Waals surface area (Å²) in [6, 6.07) is 4.59. The summed E-state index contributed by atoms with van der Waals surface area (Å²) in [7, 11) is 0. The van der Waals surface area contributed by atoms with Gasteiger partial charge in [0, 0.05) is 12.1 Å². The molecule has 1 saturated heterocycles. The first-order valence-corrected chi connectivity index (χ1v) is 6.91. The van der Waals surface area contributed by atoms with Crippen molar-refractivity contribution in [3.05, 3.63) is 23.8 Å². The van der Waals surface area contributed by atoms with E-state index in [4.69, 9.17) is 0 Å². The van der Waals surface area contributed by atoms with Gasteiger partial charge < -0.3 is 10.2 Å². The summed E-state index contributed by atoms with van der Waals surface area (Å²) in [4.78, 5) is 14.4. The maximum atomic E-state index is 12.2. The van der Waals surface area contributed by atoms with Crippen molar-refractivity contribution in [1.82, 2.24) is 4.90 Å². The van der Waals surface area contributed by atoms with Crippen LogP contribution in [0, 0.1) is 0 Å². The van der Waals surface area contributed by atoms with Crippen molar-refractivity contribution in [2.24, 2.45) is 0 Å². The normalized spacial score (nSPS) is 20.4. The molecule has 1 unspecified atom stereocenters. The molecule has 104 valence electrons. The van der Waals surface area contributed by atoms with Gasteiger partial charge in [-0.25, -0.2) is 0 Å². The Bertz CT molecular complexity index is 459. The topological polar surface area (TPSA) is 60.8 Å². The molecular formula is C15H21NO3. The first-order valence-electron chi connectivity index (χ1n) is 6.91. The Morgan fingerprint density at radius 3 is 2.84 bits per heavy atom. The zero-order valence-corrected chi connectivity index (χ0v) is 11.3. The number of likely N-dealkylation sites (tertiary alicyclic amines) is 1. The molecule has 1 heterocycles. The third-order valence-electron chi connectivity index (χ3n) is 3.85. The number of nitrogens with zero attached hydrogens (tertiary/aromatic N) is 1. The van der Waals surface area contributed by atoms with E-state index < -0.39 is 0 Å². The number of benzene rings is 1. The molecule has 0 radical (unpaired) electrons. The number of hydrogen-bond donors (Lipinski definition) is 2. The lowest BCUT2D eigenvalue weighted by atomic mass is 9.99. The van der Waals surface area contributed by atoms with Gasteiger partial charge in [-0.05, 0) is 37.9 Å². The fraction of sp³-hybridized carbons (Fsp3) is 0.533. The molecule has 0 amide bonds. The summed E-state index contributed by atoms with van der Waals surface area (Å²) >= 11 is 0. The molecule has 0 aromatic heterocycles. The van der Waals surface area contributed by atoms with E-state index in [9.17, 15) is 15.0 Å². The summed E-state index contributed by atoms with van der Waals surface area (Å²) in [5.74, 6) is -0.258. The lowest BCUT2D eigenvalue weighted by Crippen LogP contribution is -2.42. The van der Waals surface area contributed by atoms with E-state index in [1.54, 1.807) is 0 Å². The molecule has 0 bridgehead atoms. The van der Waals surface area contributed by atoms with Crippen LogP contribution in [0.15, 0.2) is 18.2 Å². The van der Waals surface area contributed by atoms with Crippen LogP contribution in [0.3, 0.4) is 0 Å². The highest BCUT2D eigenvalue weighted by molar-refractivity contribution is 6.00. The number of phenols is 2. The van der Waals surface area contributed by atoms with Crippen LogP contribution in [0.2, 0.25) is 0 Å². The Labute approximate surface area is 113 Å². The third kappa shape index (κ3) is 3.26. The highest BCUT2D eigenvalue weighted by Crippen LogP contribution is 2.25. The number of piperidine rings is 1.